The minimum Gasteiger partial charge on any atom is -0.342 e. The van der Waals surface area contributed by atoms with Crippen LogP contribution in [0.4, 0.5) is 0 Å². The van der Waals surface area contributed by atoms with Gasteiger partial charge in [-0.3, -0.25) is 0 Å². The van der Waals surface area contributed by atoms with Crippen LogP contribution < -0.4 is 0 Å². The van der Waals surface area contributed by atoms with E-state index in [0.717, 1.165) is 6.42 Å². The molecule has 1 nitrogen and oxygen atoms in total. The molecule has 0 amide bonds. The molecule has 0 aliphatic carbocycles. The molecule has 3 heteroatoms. The Kier molecular flexibility index (Phi) is 2.00. The van der Waals surface area contributed by atoms with E-state index in [1.807, 2.05) is 11.3 Å². The van der Waals surface area contributed by atoms with Crippen LogP contribution in [0.1, 0.15) is 12.5 Å². The van der Waals surface area contributed by atoms with Gasteiger partial charge < -0.3 is 4.57 Å². The summed E-state index contributed by atoms with van der Waals surface area (Å²) in [4.78, 5) is 1.36. The van der Waals surface area contributed by atoms with Gasteiger partial charge in [-0.1, -0.05) is 6.92 Å². The molecule has 2 heterocycles. The third-order valence-corrected chi connectivity index (χ3v) is 4.21. The number of rotatable bonds is 1. The highest BCUT2D eigenvalue weighted by Crippen LogP contribution is 2.35. The summed E-state index contributed by atoms with van der Waals surface area (Å²) in [5.74, 6) is 0. The van der Waals surface area contributed by atoms with Crippen molar-refractivity contribution in [2.45, 2.75) is 13.3 Å². The second kappa shape index (κ2) is 2.89. The van der Waals surface area contributed by atoms with Crippen molar-refractivity contribution < 1.29 is 0 Å². The highest BCUT2D eigenvalue weighted by Gasteiger charge is 2.09. The Morgan fingerprint density at radius 3 is 3.00 bits per heavy atom. The molecule has 12 heavy (non-hydrogen) atoms. The van der Waals surface area contributed by atoms with Gasteiger partial charge in [-0.05, 0) is 34.0 Å². The Morgan fingerprint density at radius 1 is 1.58 bits per heavy atom. The smallest absolute Gasteiger partial charge is 0.103 e. The first kappa shape index (κ1) is 8.32. The van der Waals surface area contributed by atoms with Gasteiger partial charge in [0.25, 0.3) is 0 Å². The van der Waals surface area contributed by atoms with Gasteiger partial charge in [0.1, 0.15) is 4.83 Å². The zero-order valence-electron chi connectivity index (χ0n) is 7.10. The fourth-order valence-electron chi connectivity index (χ4n) is 1.45. The van der Waals surface area contributed by atoms with Crippen molar-refractivity contribution in [1.29, 1.82) is 0 Å². The monoisotopic (exact) mass is 243 g/mol. The maximum absolute atomic E-state index is 3.59. The zero-order valence-corrected chi connectivity index (χ0v) is 9.50. The number of halogens is 1. The molecule has 0 N–H and O–H groups in total. The summed E-state index contributed by atoms with van der Waals surface area (Å²) in [6.07, 6.45) is 3.22. The molecule has 0 aliphatic rings. The van der Waals surface area contributed by atoms with E-state index in [0.29, 0.717) is 0 Å². The average Bonchev–Trinajstić information content (AvgIpc) is 2.52. The van der Waals surface area contributed by atoms with E-state index in [2.05, 4.69) is 46.7 Å². The Balaban J connectivity index is 2.82. The molecule has 0 atom stereocenters. The fraction of sp³-hybridized carbons (Fsp3) is 0.333. The number of hydrogen-bond donors (Lipinski definition) is 0. The predicted octanol–water partition coefficient (Wildman–Crippen LogP) is 3.56. The summed E-state index contributed by atoms with van der Waals surface area (Å²) in [7, 11) is 2.09. The SMILES string of the molecule is CCc1c(Br)sc2c1ccn2C. The lowest BCUT2D eigenvalue weighted by Gasteiger charge is -1.89. The first-order chi connectivity index (χ1) is 5.74. The van der Waals surface area contributed by atoms with Crippen LogP contribution in [0, 0.1) is 0 Å². The van der Waals surface area contributed by atoms with Crippen molar-refractivity contribution >= 4 is 37.5 Å². The second-order valence-corrected chi connectivity index (χ2v) is 5.17. The minimum atomic E-state index is 1.10. The summed E-state index contributed by atoms with van der Waals surface area (Å²) < 4.78 is 3.45. The van der Waals surface area contributed by atoms with Crippen LogP contribution in [0.3, 0.4) is 0 Å². The lowest BCUT2D eigenvalue weighted by atomic mass is 10.2. The molecule has 0 bridgehead atoms. The van der Waals surface area contributed by atoms with E-state index in [-0.39, 0.29) is 0 Å². The van der Waals surface area contributed by atoms with Crippen molar-refractivity contribution in [3.05, 3.63) is 21.6 Å². The number of hydrogen-bond acceptors (Lipinski definition) is 1. The van der Waals surface area contributed by atoms with Crippen molar-refractivity contribution in [3.8, 4) is 0 Å². The number of aryl methyl sites for hydroxylation is 2. The summed E-state index contributed by atoms with van der Waals surface area (Å²) >= 11 is 5.40. The number of nitrogens with zero attached hydrogens (tertiary/aromatic N) is 1. The van der Waals surface area contributed by atoms with E-state index >= 15 is 0 Å². The first-order valence-corrected chi connectivity index (χ1v) is 5.57. The van der Waals surface area contributed by atoms with E-state index in [1.54, 1.807) is 0 Å². The molecule has 0 radical (unpaired) electrons. The Labute approximate surface area is 84.1 Å². The summed E-state index contributed by atoms with van der Waals surface area (Å²) in [5.41, 5.74) is 1.44. The normalized spacial score (nSPS) is 11.2. The van der Waals surface area contributed by atoms with Crippen LogP contribution in [0.2, 0.25) is 0 Å². The van der Waals surface area contributed by atoms with Gasteiger partial charge in [-0.25, -0.2) is 0 Å². The first-order valence-electron chi connectivity index (χ1n) is 3.96. The van der Waals surface area contributed by atoms with Gasteiger partial charge in [-0.15, -0.1) is 11.3 Å². The lowest BCUT2D eigenvalue weighted by Crippen LogP contribution is -1.78. The van der Waals surface area contributed by atoms with Crippen molar-refractivity contribution in [1.82, 2.24) is 4.57 Å². The van der Waals surface area contributed by atoms with Crippen molar-refractivity contribution in [2.24, 2.45) is 7.05 Å². The highest BCUT2D eigenvalue weighted by molar-refractivity contribution is 9.11. The van der Waals surface area contributed by atoms with Crippen LogP contribution in [0.5, 0.6) is 0 Å². The minimum absolute atomic E-state index is 1.10. The maximum atomic E-state index is 3.59. The summed E-state index contributed by atoms with van der Waals surface area (Å²) in [5, 5.41) is 1.40. The Bertz CT molecular complexity index is 413. The quantitative estimate of drug-likeness (QED) is 0.722. The summed E-state index contributed by atoms with van der Waals surface area (Å²) in [6, 6.07) is 2.19. The van der Waals surface area contributed by atoms with Crippen molar-refractivity contribution in [3.63, 3.8) is 0 Å². The van der Waals surface area contributed by atoms with Crippen LogP contribution in [-0.4, -0.2) is 4.57 Å². The molecular formula is C9H10BrNS. The third-order valence-electron chi connectivity index (χ3n) is 2.12. The van der Waals surface area contributed by atoms with Gasteiger partial charge in [0.05, 0.1) is 3.79 Å². The van der Waals surface area contributed by atoms with Crippen LogP contribution in [0.25, 0.3) is 10.2 Å². The van der Waals surface area contributed by atoms with Gasteiger partial charge in [0, 0.05) is 18.6 Å². The van der Waals surface area contributed by atoms with E-state index < -0.39 is 0 Å². The largest absolute Gasteiger partial charge is 0.342 e. The van der Waals surface area contributed by atoms with Crippen LogP contribution in [-0.2, 0) is 13.5 Å². The third kappa shape index (κ3) is 1.04. The number of aromatic nitrogens is 1. The van der Waals surface area contributed by atoms with Gasteiger partial charge in [0.15, 0.2) is 0 Å². The average molecular weight is 244 g/mol. The van der Waals surface area contributed by atoms with Gasteiger partial charge >= 0.3 is 0 Å². The second-order valence-electron chi connectivity index (χ2n) is 2.85. The molecule has 0 fully saturated rings. The predicted molar refractivity (Wildman–Crippen MR) is 57.9 cm³/mol. The maximum Gasteiger partial charge on any atom is 0.103 e. The topological polar surface area (TPSA) is 4.93 Å². The molecule has 2 aromatic heterocycles. The van der Waals surface area contributed by atoms with E-state index in [4.69, 9.17) is 0 Å². The molecule has 2 rings (SSSR count). The Morgan fingerprint density at radius 2 is 2.33 bits per heavy atom. The number of thiophene rings is 1. The molecule has 2 aromatic rings. The molecule has 0 saturated heterocycles. The van der Waals surface area contributed by atoms with Crippen LogP contribution >= 0.6 is 27.3 Å². The molecule has 0 unspecified atom stereocenters. The molecular weight excluding hydrogens is 234 g/mol. The molecule has 64 valence electrons. The van der Waals surface area contributed by atoms with E-state index in [1.165, 1.54) is 19.6 Å². The molecule has 0 spiro atoms. The Hall–Kier alpha value is -0.280. The van der Waals surface area contributed by atoms with Gasteiger partial charge in [-0.2, -0.15) is 0 Å². The van der Waals surface area contributed by atoms with Crippen molar-refractivity contribution in [2.75, 3.05) is 0 Å². The lowest BCUT2D eigenvalue weighted by molar-refractivity contribution is 0.978. The zero-order chi connectivity index (χ0) is 8.72. The van der Waals surface area contributed by atoms with E-state index in [9.17, 15) is 0 Å². The van der Waals surface area contributed by atoms with Gasteiger partial charge in [0.2, 0.25) is 0 Å². The molecule has 0 aliphatic heterocycles. The fourth-order valence-corrected chi connectivity index (χ4v) is 3.46. The summed E-state index contributed by atoms with van der Waals surface area (Å²) in [6.45, 7) is 2.19. The molecule has 0 saturated carbocycles. The standard InChI is InChI=1S/C9H10BrNS/c1-3-6-7-4-5-11(2)9(7)12-8(6)10/h4-5H,3H2,1-2H3. The van der Waals surface area contributed by atoms with Crippen LogP contribution in [0.15, 0.2) is 16.0 Å². The highest BCUT2D eigenvalue weighted by atomic mass is 79.9. The molecule has 0 aromatic carbocycles. The number of fused-ring (bicyclic) bond motifs is 1.